The Balaban J connectivity index is 1.30. The zero-order valence-corrected chi connectivity index (χ0v) is 16.9. The fraction of sp³-hybridized carbons (Fsp3) is 0.500. The van der Waals surface area contributed by atoms with Crippen molar-refractivity contribution in [3.05, 3.63) is 30.6 Å². The summed E-state index contributed by atoms with van der Waals surface area (Å²) in [5.74, 6) is 0.664. The van der Waals surface area contributed by atoms with Gasteiger partial charge in [0.05, 0.1) is 5.25 Å². The summed E-state index contributed by atoms with van der Waals surface area (Å²) in [7, 11) is -3.25. The summed E-state index contributed by atoms with van der Waals surface area (Å²) in [5, 5.41) is 4.11. The summed E-state index contributed by atoms with van der Waals surface area (Å²) in [6.45, 7) is 2.10. The molecule has 2 saturated heterocycles. The lowest BCUT2D eigenvalue weighted by Gasteiger charge is -2.35. The predicted octanol–water partition coefficient (Wildman–Crippen LogP) is 2.76. The molecule has 2 aromatic heterocycles. The summed E-state index contributed by atoms with van der Waals surface area (Å²) in [6.07, 6.45) is 4.18. The van der Waals surface area contributed by atoms with Crippen LogP contribution in [0, 0.1) is 0 Å². The van der Waals surface area contributed by atoms with Crippen molar-refractivity contribution in [2.45, 2.75) is 37.0 Å². The van der Waals surface area contributed by atoms with Crippen LogP contribution < -0.4 is 5.32 Å². The van der Waals surface area contributed by atoms with Crippen molar-refractivity contribution < 1.29 is 17.6 Å². The van der Waals surface area contributed by atoms with Gasteiger partial charge in [0.15, 0.2) is 11.4 Å². The van der Waals surface area contributed by atoms with Crippen LogP contribution in [-0.2, 0) is 14.8 Å². The van der Waals surface area contributed by atoms with Gasteiger partial charge in [0.2, 0.25) is 10.0 Å². The van der Waals surface area contributed by atoms with Crippen LogP contribution >= 0.6 is 0 Å². The van der Waals surface area contributed by atoms with E-state index in [2.05, 4.69) is 15.3 Å². The van der Waals surface area contributed by atoms with Gasteiger partial charge in [-0.2, -0.15) is 0 Å². The van der Waals surface area contributed by atoms with E-state index in [0.717, 1.165) is 29.3 Å². The molecule has 9 heteroatoms. The van der Waals surface area contributed by atoms with Crippen molar-refractivity contribution in [1.82, 2.24) is 14.3 Å². The van der Waals surface area contributed by atoms with Crippen LogP contribution in [0.4, 0.5) is 5.82 Å². The van der Waals surface area contributed by atoms with Crippen molar-refractivity contribution >= 4 is 37.9 Å². The normalized spacial score (nSPS) is 20.4. The molecule has 0 amide bonds. The first-order valence-corrected chi connectivity index (χ1v) is 11.6. The van der Waals surface area contributed by atoms with E-state index in [1.165, 1.54) is 6.33 Å². The van der Waals surface area contributed by atoms with E-state index >= 15 is 0 Å². The van der Waals surface area contributed by atoms with E-state index in [-0.39, 0.29) is 11.3 Å². The maximum Gasteiger partial charge on any atom is 0.217 e. The second-order valence-corrected chi connectivity index (χ2v) is 9.89. The predicted molar refractivity (Wildman–Crippen MR) is 110 cm³/mol. The Morgan fingerprint density at radius 2 is 1.79 bits per heavy atom. The van der Waals surface area contributed by atoms with E-state index in [4.69, 9.17) is 9.15 Å². The number of anilines is 1. The highest BCUT2D eigenvalue weighted by atomic mass is 32.2. The molecular formula is C20H24N4O4S. The number of nitrogens with one attached hydrogen (secondary N) is 1. The molecule has 154 valence electrons. The average Bonchev–Trinajstić information content (AvgIpc) is 3.15. The van der Waals surface area contributed by atoms with Crippen LogP contribution in [0.15, 0.2) is 35.0 Å². The minimum atomic E-state index is -3.25. The van der Waals surface area contributed by atoms with Gasteiger partial charge in [-0.1, -0.05) is 12.1 Å². The lowest BCUT2D eigenvalue weighted by Crippen LogP contribution is -2.47. The van der Waals surface area contributed by atoms with Gasteiger partial charge < -0.3 is 14.5 Å². The van der Waals surface area contributed by atoms with Crippen molar-refractivity contribution in [3.8, 4) is 0 Å². The number of aromatic nitrogens is 2. The van der Waals surface area contributed by atoms with Gasteiger partial charge in [-0.25, -0.2) is 22.7 Å². The molecule has 0 bridgehead atoms. The van der Waals surface area contributed by atoms with Gasteiger partial charge in [-0.3, -0.25) is 0 Å². The number of benzene rings is 1. The third kappa shape index (κ3) is 3.47. The maximum atomic E-state index is 12.9. The topological polar surface area (TPSA) is 97.6 Å². The molecule has 0 radical (unpaired) electrons. The van der Waals surface area contributed by atoms with E-state index in [9.17, 15) is 8.42 Å². The molecule has 0 aliphatic carbocycles. The third-order valence-corrected chi connectivity index (χ3v) is 8.30. The molecule has 2 aliphatic heterocycles. The minimum absolute atomic E-state index is 0.141. The van der Waals surface area contributed by atoms with Gasteiger partial charge >= 0.3 is 0 Å². The van der Waals surface area contributed by atoms with Crippen molar-refractivity contribution in [2.24, 2.45) is 0 Å². The Morgan fingerprint density at radius 1 is 1.03 bits per heavy atom. The van der Waals surface area contributed by atoms with Gasteiger partial charge in [-0.15, -0.1) is 0 Å². The van der Waals surface area contributed by atoms with Gasteiger partial charge in [-0.05, 0) is 37.8 Å². The van der Waals surface area contributed by atoms with E-state index < -0.39 is 10.0 Å². The first-order chi connectivity index (χ1) is 14.1. The molecule has 0 unspecified atom stereocenters. The van der Waals surface area contributed by atoms with Crippen molar-refractivity contribution in [2.75, 3.05) is 31.6 Å². The summed E-state index contributed by atoms with van der Waals surface area (Å²) in [4.78, 5) is 8.75. The summed E-state index contributed by atoms with van der Waals surface area (Å²) < 4.78 is 38.7. The fourth-order valence-electron chi connectivity index (χ4n) is 4.26. The fourth-order valence-corrected chi connectivity index (χ4v) is 6.19. The maximum absolute atomic E-state index is 12.9. The Kier molecular flexibility index (Phi) is 4.89. The molecular weight excluding hydrogens is 392 g/mol. The lowest BCUT2D eigenvalue weighted by atomic mass is 10.1. The Morgan fingerprint density at radius 3 is 2.59 bits per heavy atom. The zero-order valence-electron chi connectivity index (χ0n) is 16.1. The molecule has 2 aliphatic rings. The Labute approximate surface area is 169 Å². The number of piperidine rings is 1. The van der Waals surface area contributed by atoms with E-state index in [1.54, 1.807) is 4.31 Å². The molecule has 1 N–H and O–H groups in total. The number of hydrogen-bond donors (Lipinski definition) is 1. The SMILES string of the molecule is O=S(=O)(C1CCOCC1)N1CCC(Nc2ncnc3c2oc2ccccc23)CC1. The summed E-state index contributed by atoms with van der Waals surface area (Å²) >= 11 is 0. The van der Waals surface area contributed by atoms with Gasteiger partial charge in [0, 0.05) is 37.7 Å². The highest BCUT2D eigenvalue weighted by molar-refractivity contribution is 7.89. The molecule has 3 aromatic rings. The molecule has 2 fully saturated rings. The monoisotopic (exact) mass is 416 g/mol. The average molecular weight is 417 g/mol. The van der Waals surface area contributed by atoms with Crippen LogP contribution in [-0.4, -0.2) is 60.3 Å². The number of para-hydroxylation sites is 1. The summed E-state index contributed by atoms with van der Waals surface area (Å²) in [5.41, 5.74) is 2.21. The Hall–Kier alpha value is -2.23. The number of ether oxygens (including phenoxy) is 1. The number of fused-ring (bicyclic) bond motifs is 3. The van der Waals surface area contributed by atoms with Crippen molar-refractivity contribution in [3.63, 3.8) is 0 Å². The smallest absolute Gasteiger partial charge is 0.217 e. The molecule has 0 spiro atoms. The lowest BCUT2D eigenvalue weighted by molar-refractivity contribution is 0.0969. The second kappa shape index (κ2) is 7.55. The number of sulfonamides is 1. The minimum Gasteiger partial charge on any atom is -0.450 e. The number of nitrogens with zero attached hydrogens (tertiary/aromatic N) is 3. The number of hydrogen-bond acceptors (Lipinski definition) is 7. The van der Waals surface area contributed by atoms with Gasteiger partial charge in [0.25, 0.3) is 0 Å². The van der Waals surface area contributed by atoms with Crippen LogP contribution in [0.1, 0.15) is 25.7 Å². The first-order valence-electron chi connectivity index (χ1n) is 10.1. The molecule has 1 aromatic carbocycles. The number of rotatable bonds is 4. The molecule has 29 heavy (non-hydrogen) atoms. The molecule has 5 rings (SSSR count). The molecule has 0 saturated carbocycles. The molecule has 4 heterocycles. The van der Waals surface area contributed by atoms with Crippen LogP contribution in [0.3, 0.4) is 0 Å². The Bertz CT molecular complexity index is 1120. The summed E-state index contributed by atoms with van der Waals surface area (Å²) in [6, 6.07) is 7.93. The van der Waals surface area contributed by atoms with Crippen molar-refractivity contribution in [1.29, 1.82) is 0 Å². The van der Waals surface area contributed by atoms with Crippen LogP contribution in [0.25, 0.3) is 22.1 Å². The van der Waals surface area contributed by atoms with Crippen LogP contribution in [0.2, 0.25) is 0 Å². The largest absolute Gasteiger partial charge is 0.450 e. The highest BCUT2D eigenvalue weighted by Gasteiger charge is 2.35. The highest BCUT2D eigenvalue weighted by Crippen LogP contribution is 2.31. The van der Waals surface area contributed by atoms with Gasteiger partial charge in [0.1, 0.15) is 17.4 Å². The standard InChI is InChI=1S/C20H24N4O4S/c25-29(26,15-7-11-27-12-8-15)24-9-5-14(6-10-24)23-20-19-18(21-13-22-20)16-3-1-2-4-17(16)28-19/h1-4,13-15H,5-12H2,(H,21,22,23). The quantitative estimate of drug-likeness (QED) is 0.698. The zero-order chi connectivity index (χ0) is 19.8. The van der Waals surface area contributed by atoms with E-state index in [1.807, 2.05) is 24.3 Å². The molecule has 8 nitrogen and oxygen atoms in total. The second-order valence-electron chi connectivity index (χ2n) is 7.67. The first kappa shape index (κ1) is 18.8. The van der Waals surface area contributed by atoms with Crippen LogP contribution in [0.5, 0.6) is 0 Å². The molecule has 0 atom stereocenters. The number of furan rings is 1. The third-order valence-electron chi connectivity index (χ3n) is 5.90. The van der Waals surface area contributed by atoms with E-state index in [0.29, 0.717) is 50.5 Å².